The van der Waals surface area contributed by atoms with Gasteiger partial charge in [-0.15, -0.1) is 0 Å². The van der Waals surface area contributed by atoms with E-state index in [9.17, 15) is 0 Å². The van der Waals surface area contributed by atoms with Crippen LogP contribution in [0.3, 0.4) is 0 Å². The molecule has 2 aromatic heterocycles. The summed E-state index contributed by atoms with van der Waals surface area (Å²) in [4.78, 5) is 12.1. The first-order chi connectivity index (χ1) is 7.88. The summed E-state index contributed by atoms with van der Waals surface area (Å²) in [6.45, 7) is 0.617. The van der Waals surface area contributed by atoms with Crippen molar-refractivity contribution >= 4 is 5.95 Å². The quantitative estimate of drug-likeness (QED) is 0.797. The van der Waals surface area contributed by atoms with Crippen LogP contribution in [0.5, 0.6) is 0 Å². The minimum atomic E-state index is -0.0371. The second-order valence-electron chi connectivity index (χ2n) is 3.28. The second kappa shape index (κ2) is 5.18. The maximum Gasteiger partial charge on any atom is 0.222 e. The topological polar surface area (TPSA) is 70.9 Å². The smallest absolute Gasteiger partial charge is 0.222 e. The minimum Gasteiger partial charge on any atom is -0.392 e. The fourth-order valence-electron chi connectivity index (χ4n) is 1.21. The zero-order valence-corrected chi connectivity index (χ0v) is 8.67. The summed E-state index contributed by atoms with van der Waals surface area (Å²) in [7, 11) is 0. The van der Waals surface area contributed by atoms with Gasteiger partial charge in [-0.25, -0.2) is 9.97 Å². The maximum absolute atomic E-state index is 8.83. The SMILES string of the molecule is OCc1cnc(NCc2ccncc2)nc1. The zero-order valence-electron chi connectivity index (χ0n) is 8.67. The fourth-order valence-corrected chi connectivity index (χ4v) is 1.21. The Balaban J connectivity index is 1.94. The Morgan fingerprint density at radius 3 is 2.38 bits per heavy atom. The molecule has 0 aliphatic rings. The summed E-state index contributed by atoms with van der Waals surface area (Å²) in [6, 6.07) is 3.85. The molecule has 0 spiro atoms. The molecular weight excluding hydrogens is 204 g/mol. The molecule has 2 aromatic rings. The lowest BCUT2D eigenvalue weighted by atomic mass is 10.3. The highest BCUT2D eigenvalue weighted by molar-refractivity contribution is 5.26. The van der Waals surface area contributed by atoms with Gasteiger partial charge >= 0.3 is 0 Å². The van der Waals surface area contributed by atoms with Gasteiger partial charge in [-0.2, -0.15) is 0 Å². The van der Waals surface area contributed by atoms with Gasteiger partial charge in [-0.3, -0.25) is 4.98 Å². The van der Waals surface area contributed by atoms with Crippen LogP contribution in [0.2, 0.25) is 0 Å². The zero-order chi connectivity index (χ0) is 11.2. The van der Waals surface area contributed by atoms with E-state index < -0.39 is 0 Å². The van der Waals surface area contributed by atoms with Crippen LogP contribution in [0.4, 0.5) is 5.95 Å². The van der Waals surface area contributed by atoms with Crippen molar-refractivity contribution < 1.29 is 5.11 Å². The number of nitrogens with zero attached hydrogens (tertiary/aromatic N) is 3. The van der Waals surface area contributed by atoms with Gasteiger partial charge in [-0.05, 0) is 17.7 Å². The molecule has 0 saturated carbocycles. The number of rotatable bonds is 4. The third-order valence-corrected chi connectivity index (χ3v) is 2.09. The molecule has 0 unspecified atom stereocenters. The molecule has 0 fully saturated rings. The van der Waals surface area contributed by atoms with Crippen LogP contribution >= 0.6 is 0 Å². The van der Waals surface area contributed by atoms with Gasteiger partial charge in [-0.1, -0.05) is 0 Å². The van der Waals surface area contributed by atoms with E-state index in [1.165, 1.54) is 0 Å². The van der Waals surface area contributed by atoms with Crippen molar-refractivity contribution in [3.05, 3.63) is 48.0 Å². The van der Waals surface area contributed by atoms with Crippen LogP contribution in [0.15, 0.2) is 36.9 Å². The Morgan fingerprint density at radius 1 is 1.06 bits per heavy atom. The fraction of sp³-hybridized carbons (Fsp3) is 0.182. The Kier molecular flexibility index (Phi) is 3.40. The third kappa shape index (κ3) is 2.74. The number of anilines is 1. The van der Waals surface area contributed by atoms with E-state index in [4.69, 9.17) is 5.11 Å². The molecule has 0 saturated heterocycles. The van der Waals surface area contributed by atoms with Crippen LogP contribution in [0.1, 0.15) is 11.1 Å². The van der Waals surface area contributed by atoms with Crippen LogP contribution in [-0.2, 0) is 13.2 Å². The molecule has 0 atom stereocenters. The van der Waals surface area contributed by atoms with Gasteiger partial charge in [0.05, 0.1) is 6.61 Å². The van der Waals surface area contributed by atoms with E-state index in [2.05, 4.69) is 20.3 Å². The first-order valence-corrected chi connectivity index (χ1v) is 4.93. The Bertz CT molecular complexity index is 429. The van der Waals surface area contributed by atoms with Crippen molar-refractivity contribution in [1.29, 1.82) is 0 Å². The number of pyridine rings is 1. The van der Waals surface area contributed by atoms with Gasteiger partial charge in [0, 0.05) is 36.9 Å². The molecule has 2 heterocycles. The molecule has 0 aliphatic heterocycles. The van der Waals surface area contributed by atoms with Crippen LogP contribution in [0, 0.1) is 0 Å². The van der Waals surface area contributed by atoms with Crippen molar-refractivity contribution in [2.24, 2.45) is 0 Å². The Labute approximate surface area is 93.2 Å². The van der Waals surface area contributed by atoms with Crippen molar-refractivity contribution in [2.45, 2.75) is 13.2 Å². The lowest BCUT2D eigenvalue weighted by Crippen LogP contribution is -2.03. The van der Waals surface area contributed by atoms with Gasteiger partial charge in [0.15, 0.2) is 0 Å². The predicted octanol–water partition coefficient (Wildman–Crippen LogP) is 0.976. The highest BCUT2D eigenvalue weighted by atomic mass is 16.3. The molecule has 2 N–H and O–H groups in total. The number of hydrogen-bond donors (Lipinski definition) is 2. The van der Waals surface area contributed by atoms with Crippen molar-refractivity contribution in [3.63, 3.8) is 0 Å². The molecule has 0 radical (unpaired) electrons. The van der Waals surface area contributed by atoms with E-state index in [1.807, 2.05) is 12.1 Å². The lowest BCUT2D eigenvalue weighted by Gasteiger charge is -2.04. The lowest BCUT2D eigenvalue weighted by molar-refractivity contribution is 0.281. The summed E-state index contributed by atoms with van der Waals surface area (Å²) in [6.07, 6.45) is 6.68. The molecule has 0 amide bonds. The summed E-state index contributed by atoms with van der Waals surface area (Å²) in [5.74, 6) is 0.550. The Morgan fingerprint density at radius 2 is 1.75 bits per heavy atom. The highest BCUT2D eigenvalue weighted by Gasteiger charge is 1.96. The van der Waals surface area contributed by atoms with Crippen LogP contribution in [-0.4, -0.2) is 20.1 Å². The molecule has 5 nitrogen and oxygen atoms in total. The average molecular weight is 216 g/mol. The van der Waals surface area contributed by atoms with Gasteiger partial charge in [0.25, 0.3) is 0 Å². The van der Waals surface area contributed by atoms with Crippen molar-refractivity contribution in [1.82, 2.24) is 15.0 Å². The molecule has 0 bridgehead atoms. The highest BCUT2D eigenvalue weighted by Crippen LogP contribution is 2.03. The molecule has 16 heavy (non-hydrogen) atoms. The molecule has 82 valence electrons. The molecular formula is C11H12N4O. The largest absolute Gasteiger partial charge is 0.392 e. The number of aromatic nitrogens is 3. The molecule has 5 heteroatoms. The average Bonchev–Trinajstić information content (AvgIpc) is 2.38. The standard InChI is InChI=1S/C11H12N4O/c16-8-10-6-14-11(15-7-10)13-5-9-1-3-12-4-2-9/h1-4,6-7,16H,5,8H2,(H,13,14,15). The molecule has 2 rings (SSSR count). The number of hydrogen-bond acceptors (Lipinski definition) is 5. The van der Waals surface area contributed by atoms with Crippen molar-refractivity contribution in [2.75, 3.05) is 5.32 Å². The number of nitrogens with one attached hydrogen (secondary N) is 1. The van der Waals surface area contributed by atoms with Crippen LogP contribution in [0.25, 0.3) is 0 Å². The Hall–Kier alpha value is -2.01. The van der Waals surface area contributed by atoms with E-state index in [0.29, 0.717) is 18.1 Å². The predicted molar refractivity (Wildman–Crippen MR) is 59.5 cm³/mol. The normalized spacial score (nSPS) is 10.1. The first kappa shape index (κ1) is 10.5. The summed E-state index contributed by atoms with van der Waals surface area (Å²) in [5, 5.41) is 11.9. The van der Waals surface area contributed by atoms with Crippen molar-refractivity contribution in [3.8, 4) is 0 Å². The van der Waals surface area contributed by atoms with E-state index in [1.54, 1.807) is 24.8 Å². The summed E-state index contributed by atoms with van der Waals surface area (Å²) >= 11 is 0. The maximum atomic E-state index is 8.83. The summed E-state index contributed by atoms with van der Waals surface area (Å²) in [5.41, 5.74) is 1.82. The first-order valence-electron chi connectivity index (χ1n) is 4.93. The van der Waals surface area contributed by atoms with Crippen LogP contribution < -0.4 is 5.32 Å². The second-order valence-corrected chi connectivity index (χ2v) is 3.28. The van der Waals surface area contributed by atoms with Gasteiger partial charge in [0.2, 0.25) is 5.95 Å². The van der Waals surface area contributed by atoms with E-state index in [-0.39, 0.29) is 6.61 Å². The monoisotopic (exact) mass is 216 g/mol. The molecule has 0 aromatic carbocycles. The van der Waals surface area contributed by atoms with Gasteiger partial charge in [0.1, 0.15) is 0 Å². The third-order valence-electron chi connectivity index (χ3n) is 2.09. The van der Waals surface area contributed by atoms with Gasteiger partial charge < -0.3 is 10.4 Å². The number of aliphatic hydroxyl groups excluding tert-OH is 1. The minimum absolute atomic E-state index is 0.0371. The summed E-state index contributed by atoms with van der Waals surface area (Å²) < 4.78 is 0. The van der Waals surface area contributed by atoms with E-state index in [0.717, 1.165) is 5.56 Å². The molecule has 0 aliphatic carbocycles. The number of aliphatic hydroxyl groups is 1. The van der Waals surface area contributed by atoms with E-state index >= 15 is 0 Å².